The number of fused-ring (bicyclic) bond motifs is 1. The number of imide groups is 1. The molecule has 0 saturated carbocycles. The van der Waals surface area contributed by atoms with Gasteiger partial charge in [-0.05, 0) is 37.8 Å². The molecule has 0 unspecified atom stereocenters. The Hall–Kier alpha value is -2.28. The van der Waals surface area contributed by atoms with E-state index >= 15 is 0 Å². The highest BCUT2D eigenvalue weighted by Crippen LogP contribution is 2.34. The normalized spacial score (nSPS) is 17.7. The molecule has 3 rings (SSSR count). The van der Waals surface area contributed by atoms with E-state index in [2.05, 4.69) is 10.6 Å². The maximum atomic E-state index is 12.1. The number of ether oxygens (including phenoxy) is 2. The molecule has 2 aliphatic heterocycles. The molecular formula is C17H24N3O4+. The molecule has 2 aliphatic rings. The van der Waals surface area contributed by atoms with Crippen molar-refractivity contribution in [2.24, 2.45) is 0 Å². The zero-order valence-electron chi connectivity index (χ0n) is 13.7. The van der Waals surface area contributed by atoms with E-state index in [0.29, 0.717) is 23.7 Å². The molecule has 1 aromatic rings. The highest BCUT2D eigenvalue weighted by Gasteiger charge is 2.18. The molecule has 130 valence electrons. The number of rotatable bonds is 3. The molecule has 0 aliphatic carbocycles. The third-order valence-corrected chi connectivity index (χ3v) is 4.35. The molecule has 0 aromatic heterocycles. The highest BCUT2D eigenvalue weighted by molar-refractivity contribution is 6.01. The molecule has 2 heterocycles. The first-order chi connectivity index (χ1) is 11.7. The third kappa shape index (κ3) is 4.61. The summed E-state index contributed by atoms with van der Waals surface area (Å²) in [5, 5.41) is 5.04. The Morgan fingerprint density at radius 2 is 1.71 bits per heavy atom. The van der Waals surface area contributed by atoms with Crippen molar-refractivity contribution in [3.63, 3.8) is 0 Å². The van der Waals surface area contributed by atoms with Gasteiger partial charge < -0.3 is 19.7 Å². The second-order valence-electron chi connectivity index (χ2n) is 6.26. The minimum atomic E-state index is -0.523. The molecule has 7 heteroatoms. The minimum Gasteiger partial charge on any atom is -0.454 e. The number of likely N-dealkylation sites (tertiary alicyclic amines) is 1. The summed E-state index contributed by atoms with van der Waals surface area (Å²) in [5.41, 5.74) is 0.558. The standard InChI is InChI=1S/C17H23N3O4/c21-16(11-20-8-4-2-1-3-5-9-20)19-17(22)18-13-6-7-14-15(10-13)24-12-23-14/h6-7,10H,1-5,8-9,11-12H2,(H2,18,19,21,22)/p+1. The van der Waals surface area contributed by atoms with E-state index < -0.39 is 6.03 Å². The van der Waals surface area contributed by atoms with Crippen LogP contribution in [0.25, 0.3) is 0 Å². The lowest BCUT2D eigenvalue weighted by molar-refractivity contribution is -0.893. The van der Waals surface area contributed by atoms with E-state index in [4.69, 9.17) is 9.47 Å². The van der Waals surface area contributed by atoms with Gasteiger partial charge in [0.2, 0.25) is 6.79 Å². The van der Waals surface area contributed by atoms with Crippen molar-refractivity contribution in [2.45, 2.75) is 32.1 Å². The number of anilines is 1. The molecule has 1 fully saturated rings. The van der Waals surface area contributed by atoms with Crippen molar-refractivity contribution >= 4 is 17.6 Å². The third-order valence-electron chi connectivity index (χ3n) is 4.35. The van der Waals surface area contributed by atoms with Gasteiger partial charge in [-0.2, -0.15) is 0 Å². The predicted molar refractivity (Wildman–Crippen MR) is 88.4 cm³/mol. The molecular weight excluding hydrogens is 310 g/mol. The van der Waals surface area contributed by atoms with Crippen LogP contribution in [-0.2, 0) is 4.79 Å². The smallest absolute Gasteiger partial charge is 0.326 e. The molecule has 0 spiro atoms. The van der Waals surface area contributed by atoms with Gasteiger partial charge in [0.1, 0.15) is 0 Å². The van der Waals surface area contributed by atoms with Gasteiger partial charge in [0.15, 0.2) is 18.0 Å². The van der Waals surface area contributed by atoms with Gasteiger partial charge in [-0.15, -0.1) is 0 Å². The number of quaternary nitrogens is 1. The quantitative estimate of drug-likeness (QED) is 0.768. The maximum absolute atomic E-state index is 12.1. The van der Waals surface area contributed by atoms with Crippen LogP contribution in [0.3, 0.4) is 0 Å². The van der Waals surface area contributed by atoms with Gasteiger partial charge in [0.25, 0.3) is 5.91 Å². The lowest BCUT2D eigenvalue weighted by Gasteiger charge is -2.21. The number of carbonyl (C=O) groups is 2. The van der Waals surface area contributed by atoms with E-state index in [0.717, 1.165) is 25.9 Å². The molecule has 0 radical (unpaired) electrons. The van der Waals surface area contributed by atoms with Gasteiger partial charge in [-0.25, -0.2) is 4.79 Å². The van der Waals surface area contributed by atoms with Gasteiger partial charge in [0.05, 0.1) is 13.1 Å². The Labute approximate surface area is 141 Å². The number of hydrogen-bond donors (Lipinski definition) is 3. The first-order valence-corrected chi connectivity index (χ1v) is 8.55. The molecule has 0 atom stereocenters. The Morgan fingerprint density at radius 3 is 2.50 bits per heavy atom. The summed E-state index contributed by atoms with van der Waals surface area (Å²) >= 11 is 0. The maximum Gasteiger partial charge on any atom is 0.326 e. The summed E-state index contributed by atoms with van der Waals surface area (Å²) < 4.78 is 10.5. The first-order valence-electron chi connectivity index (χ1n) is 8.55. The van der Waals surface area contributed by atoms with Crippen LogP contribution in [0.1, 0.15) is 32.1 Å². The van der Waals surface area contributed by atoms with Crippen LogP contribution in [0.4, 0.5) is 10.5 Å². The SMILES string of the molecule is O=C(C[NH+]1CCCCCCC1)NC(=O)Nc1ccc2c(c1)OCO2. The average molecular weight is 334 g/mol. The Morgan fingerprint density at radius 1 is 1.00 bits per heavy atom. The average Bonchev–Trinajstić information content (AvgIpc) is 2.97. The second kappa shape index (κ2) is 8.01. The molecule has 1 saturated heterocycles. The van der Waals surface area contributed by atoms with Crippen LogP contribution >= 0.6 is 0 Å². The summed E-state index contributed by atoms with van der Waals surface area (Å²) in [6.07, 6.45) is 6.04. The Balaban J connectivity index is 1.46. The monoisotopic (exact) mass is 334 g/mol. The van der Waals surface area contributed by atoms with Crippen molar-refractivity contribution in [2.75, 3.05) is 31.7 Å². The van der Waals surface area contributed by atoms with Gasteiger partial charge in [-0.1, -0.05) is 6.42 Å². The number of amides is 3. The Bertz CT molecular complexity index is 597. The topological polar surface area (TPSA) is 81.1 Å². The van der Waals surface area contributed by atoms with Crippen molar-refractivity contribution < 1.29 is 24.0 Å². The van der Waals surface area contributed by atoms with Gasteiger partial charge >= 0.3 is 6.03 Å². The van der Waals surface area contributed by atoms with Crippen LogP contribution in [0.5, 0.6) is 11.5 Å². The summed E-state index contributed by atoms with van der Waals surface area (Å²) in [5.74, 6) is 0.991. The summed E-state index contributed by atoms with van der Waals surface area (Å²) in [6.45, 7) is 2.52. The number of urea groups is 1. The van der Waals surface area contributed by atoms with Gasteiger partial charge in [-0.3, -0.25) is 10.1 Å². The fourth-order valence-corrected chi connectivity index (χ4v) is 3.12. The lowest BCUT2D eigenvalue weighted by atomic mass is 10.1. The van der Waals surface area contributed by atoms with Crippen LogP contribution in [0.15, 0.2) is 18.2 Å². The largest absolute Gasteiger partial charge is 0.454 e. The number of carbonyl (C=O) groups excluding carboxylic acids is 2. The second-order valence-corrected chi connectivity index (χ2v) is 6.26. The molecule has 7 nitrogen and oxygen atoms in total. The fourth-order valence-electron chi connectivity index (χ4n) is 3.12. The zero-order valence-corrected chi connectivity index (χ0v) is 13.7. The number of hydrogen-bond acceptors (Lipinski definition) is 4. The number of benzene rings is 1. The lowest BCUT2D eigenvalue weighted by Crippen LogP contribution is -3.13. The van der Waals surface area contributed by atoms with Gasteiger partial charge in [0, 0.05) is 11.8 Å². The van der Waals surface area contributed by atoms with E-state index in [-0.39, 0.29) is 12.7 Å². The van der Waals surface area contributed by atoms with Crippen LogP contribution in [-0.4, -0.2) is 38.4 Å². The van der Waals surface area contributed by atoms with Crippen LogP contribution in [0.2, 0.25) is 0 Å². The fraction of sp³-hybridized carbons (Fsp3) is 0.529. The van der Waals surface area contributed by atoms with Crippen molar-refractivity contribution in [3.05, 3.63) is 18.2 Å². The van der Waals surface area contributed by atoms with Crippen molar-refractivity contribution in [1.29, 1.82) is 0 Å². The van der Waals surface area contributed by atoms with E-state index in [1.54, 1.807) is 18.2 Å². The van der Waals surface area contributed by atoms with Crippen molar-refractivity contribution in [3.8, 4) is 11.5 Å². The number of nitrogens with one attached hydrogen (secondary N) is 3. The predicted octanol–water partition coefficient (Wildman–Crippen LogP) is 0.912. The molecule has 3 N–H and O–H groups in total. The van der Waals surface area contributed by atoms with Crippen LogP contribution in [0, 0.1) is 0 Å². The first kappa shape index (κ1) is 16.6. The molecule has 0 bridgehead atoms. The molecule has 1 aromatic carbocycles. The van der Waals surface area contributed by atoms with E-state index in [1.165, 1.54) is 24.2 Å². The van der Waals surface area contributed by atoms with E-state index in [9.17, 15) is 9.59 Å². The Kier molecular flexibility index (Phi) is 5.53. The summed E-state index contributed by atoms with van der Waals surface area (Å²) in [6, 6.07) is 4.59. The summed E-state index contributed by atoms with van der Waals surface area (Å²) in [4.78, 5) is 25.3. The minimum absolute atomic E-state index is 0.183. The molecule has 24 heavy (non-hydrogen) atoms. The zero-order chi connectivity index (χ0) is 16.8. The van der Waals surface area contributed by atoms with E-state index in [1.807, 2.05) is 0 Å². The highest BCUT2D eigenvalue weighted by atomic mass is 16.7. The van der Waals surface area contributed by atoms with Crippen LogP contribution < -0.4 is 25.0 Å². The van der Waals surface area contributed by atoms with Crippen molar-refractivity contribution in [1.82, 2.24) is 5.32 Å². The molecule has 3 amide bonds. The summed E-state index contributed by atoms with van der Waals surface area (Å²) in [7, 11) is 0.